The second kappa shape index (κ2) is 5.15. The van der Waals surface area contributed by atoms with Gasteiger partial charge >= 0.3 is 12.1 Å². The van der Waals surface area contributed by atoms with E-state index in [1.807, 2.05) is 7.05 Å². The lowest BCUT2D eigenvalue weighted by atomic mass is 10.1. The smallest absolute Gasteiger partial charge is 0.339 e. The van der Waals surface area contributed by atoms with Gasteiger partial charge in [-0.05, 0) is 19.9 Å². The lowest BCUT2D eigenvalue weighted by Gasteiger charge is -2.30. The number of halogens is 5. The van der Waals surface area contributed by atoms with E-state index in [4.69, 9.17) is 0 Å². The van der Waals surface area contributed by atoms with Crippen molar-refractivity contribution in [1.29, 1.82) is 0 Å². The average Bonchev–Trinajstić information content (AvgIpc) is 2.87. The first kappa shape index (κ1) is 14.9. The number of piperidine rings is 1. The number of anilines is 1. The van der Waals surface area contributed by atoms with Gasteiger partial charge < -0.3 is 10.2 Å². The molecular formula is C10H14F5N5. The van der Waals surface area contributed by atoms with Crippen molar-refractivity contribution in [3.8, 4) is 0 Å². The predicted molar refractivity (Wildman–Crippen MR) is 60.6 cm³/mol. The van der Waals surface area contributed by atoms with Crippen molar-refractivity contribution < 1.29 is 22.0 Å². The topological polar surface area (TPSA) is 56.8 Å². The standard InChI is InChI=1S/C10H14F5N5/c1-16-6-2-4-20(5-3-6)8-17-7(18-19-8)9(11,12)10(13,14)15/h6,16H,2-5H2,1H3,(H,17,18,19). The van der Waals surface area contributed by atoms with E-state index in [9.17, 15) is 22.0 Å². The van der Waals surface area contributed by atoms with Gasteiger partial charge in [0.2, 0.25) is 11.8 Å². The van der Waals surface area contributed by atoms with Gasteiger partial charge in [-0.15, -0.1) is 5.10 Å². The van der Waals surface area contributed by atoms with Gasteiger partial charge in [-0.25, -0.2) is 0 Å². The molecule has 0 bridgehead atoms. The Kier molecular flexibility index (Phi) is 3.85. The van der Waals surface area contributed by atoms with Crippen LogP contribution >= 0.6 is 0 Å². The van der Waals surface area contributed by atoms with Gasteiger partial charge in [0.05, 0.1) is 0 Å². The highest BCUT2D eigenvalue weighted by molar-refractivity contribution is 5.30. The fourth-order valence-corrected chi connectivity index (χ4v) is 2.04. The number of aromatic amines is 1. The summed E-state index contributed by atoms with van der Waals surface area (Å²) in [6, 6.07) is 0.307. The maximum atomic E-state index is 13.1. The Hall–Kier alpha value is -1.45. The molecule has 1 fully saturated rings. The second-order valence-corrected chi connectivity index (χ2v) is 4.61. The van der Waals surface area contributed by atoms with Crippen LogP contribution in [0.1, 0.15) is 18.7 Å². The molecule has 0 aliphatic carbocycles. The molecule has 0 aromatic carbocycles. The molecule has 0 spiro atoms. The quantitative estimate of drug-likeness (QED) is 0.833. The van der Waals surface area contributed by atoms with E-state index < -0.39 is 17.9 Å². The normalized spacial score (nSPS) is 18.6. The van der Waals surface area contributed by atoms with E-state index in [-0.39, 0.29) is 5.95 Å². The Labute approximate surface area is 111 Å². The van der Waals surface area contributed by atoms with E-state index in [1.165, 1.54) is 0 Å². The molecule has 2 rings (SSSR count). The van der Waals surface area contributed by atoms with Crippen LogP contribution in [0.2, 0.25) is 0 Å². The fraction of sp³-hybridized carbons (Fsp3) is 0.800. The summed E-state index contributed by atoms with van der Waals surface area (Å²) in [5.41, 5.74) is 0. The summed E-state index contributed by atoms with van der Waals surface area (Å²) in [6.45, 7) is 1.00. The molecule has 10 heteroatoms. The minimum absolute atomic E-state index is 0.126. The largest absolute Gasteiger partial charge is 0.461 e. The molecule has 1 aromatic heterocycles. The van der Waals surface area contributed by atoms with E-state index in [1.54, 1.807) is 10.00 Å². The maximum Gasteiger partial charge on any atom is 0.461 e. The summed E-state index contributed by atoms with van der Waals surface area (Å²) in [4.78, 5) is 4.88. The molecule has 2 N–H and O–H groups in total. The fourth-order valence-electron chi connectivity index (χ4n) is 2.04. The average molecular weight is 299 g/mol. The Morgan fingerprint density at radius 1 is 1.20 bits per heavy atom. The summed E-state index contributed by atoms with van der Waals surface area (Å²) in [6.07, 6.45) is -4.20. The zero-order chi connectivity index (χ0) is 15.0. The summed E-state index contributed by atoms with van der Waals surface area (Å²) in [5.74, 6) is -6.63. The second-order valence-electron chi connectivity index (χ2n) is 4.61. The number of rotatable bonds is 3. The third-order valence-corrected chi connectivity index (χ3v) is 3.31. The van der Waals surface area contributed by atoms with Crippen LogP contribution in [0.5, 0.6) is 0 Å². The highest BCUT2D eigenvalue weighted by Gasteiger charge is 2.61. The first-order valence-electron chi connectivity index (χ1n) is 6.05. The Balaban J connectivity index is 2.10. The predicted octanol–water partition coefficient (Wildman–Crippen LogP) is 1.65. The molecule has 114 valence electrons. The van der Waals surface area contributed by atoms with Crippen LogP contribution in [-0.2, 0) is 5.92 Å². The molecule has 0 saturated carbocycles. The summed E-state index contributed by atoms with van der Waals surface area (Å²) < 4.78 is 62.8. The Morgan fingerprint density at radius 3 is 2.30 bits per heavy atom. The highest BCUT2D eigenvalue weighted by atomic mass is 19.4. The van der Waals surface area contributed by atoms with Crippen molar-refractivity contribution in [1.82, 2.24) is 20.5 Å². The van der Waals surface area contributed by atoms with Crippen LogP contribution in [0.4, 0.5) is 27.9 Å². The number of hydrogen-bond donors (Lipinski definition) is 2. The van der Waals surface area contributed by atoms with Gasteiger partial charge in [0.25, 0.3) is 0 Å². The molecule has 5 nitrogen and oxygen atoms in total. The molecule has 0 unspecified atom stereocenters. The van der Waals surface area contributed by atoms with Gasteiger partial charge in [0.1, 0.15) is 0 Å². The molecule has 1 aromatic rings. The van der Waals surface area contributed by atoms with Crippen molar-refractivity contribution in [2.75, 3.05) is 25.0 Å². The molecular weight excluding hydrogens is 285 g/mol. The summed E-state index contributed by atoms with van der Waals surface area (Å²) in [7, 11) is 1.81. The minimum Gasteiger partial charge on any atom is -0.339 e. The van der Waals surface area contributed by atoms with Crippen molar-refractivity contribution in [3.63, 3.8) is 0 Å². The van der Waals surface area contributed by atoms with Crippen molar-refractivity contribution >= 4 is 5.95 Å². The number of hydrogen-bond acceptors (Lipinski definition) is 4. The maximum absolute atomic E-state index is 13.1. The number of nitrogens with zero attached hydrogens (tertiary/aromatic N) is 3. The van der Waals surface area contributed by atoms with Gasteiger partial charge in [0, 0.05) is 19.1 Å². The molecule has 1 aliphatic rings. The van der Waals surface area contributed by atoms with Gasteiger partial charge in [-0.3, -0.25) is 5.10 Å². The van der Waals surface area contributed by atoms with E-state index in [0.717, 1.165) is 12.8 Å². The molecule has 1 aliphatic heterocycles. The molecule has 1 saturated heterocycles. The lowest BCUT2D eigenvalue weighted by molar-refractivity contribution is -0.292. The number of nitrogens with one attached hydrogen (secondary N) is 2. The van der Waals surface area contributed by atoms with E-state index in [2.05, 4.69) is 15.4 Å². The van der Waals surface area contributed by atoms with Crippen LogP contribution < -0.4 is 10.2 Å². The Morgan fingerprint density at radius 2 is 1.80 bits per heavy atom. The van der Waals surface area contributed by atoms with Gasteiger partial charge in [0.15, 0.2) is 0 Å². The number of alkyl halides is 5. The summed E-state index contributed by atoms with van der Waals surface area (Å²) in [5, 5.41) is 8.23. The molecule has 0 amide bonds. The summed E-state index contributed by atoms with van der Waals surface area (Å²) >= 11 is 0. The van der Waals surface area contributed by atoms with E-state index >= 15 is 0 Å². The van der Waals surface area contributed by atoms with Crippen LogP contribution in [0.25, 0.3) is 0 Å². The van der Waals surface area contributed by atoms with Crippen LogP contribution in [0.15, 0.2) is 0 Å². The zero-order valence-electron chi connectivity index (χ0n) is 10.6. The van der Waals surface area contributed by atoms with Crippen molar-refractivity contribution in [2.24, 2.45) is 0 Å². The van der Waals surface area contributed by atoms with Crippen molar-refractivity contribution in [3.05, 3.63) is 5.82 Å². The third-order valence-electron chi connectivity index (χ3n) is 3.31. The zero-order valence-corrected chi connectivity index (χ0v) is 10.6. The Bertz CT molecular complexity index is 449. The first-order chi connectivity index (χ1) is 9.25. The molecule has 0 atom stereocenters. The van der Waals surface area contributed by atoms with Crippen LogP contribution in [0, 0.1) is 0 Å². The molecule has 2 heterocycles. The number of aromatic nitrogens is 3. The number of H-pyrrole nitrogens is 1. The SMILES string of the molecule is CNC1CCN(c2n[nH]c(C(F)(F)C(F)(F)F)n2)CC1. The minimum atomic E-state index is -5.69. The third kappa shape index (κ3) is 2.69. The van der Waals surface area contributed by atoms with E-state index in [0.29, 0.717) is 19.1 Å². The molecule has 0 radical (unpaired) electrons. The van der Waals surface area contributed by atoms with Crippen molar-refractivity contribution in [2.45, 2.75) is 31.0 Å². The van der Waals surface area contributed by atoms with Crippen LogP contribution in [0.3, 0.4) is 0 Å². The van der Waals surface area contributed by atoms with Gasteiger partial charge in [-0.2, -0.15) is 26.9 Å². The highest BCUT2D eigenvalue weighted by Crippen LogP contribution is 2.42. The lowest BCUT2D eigenvalue weighted by Crippen LogP contribution is -2.41. The first-order valence-corrected chi connectivity index (χ1v) is 6.05. The van der Waals surface area contributed by atoms with Crippen LogP contribution in [-0.4, -0.2) is 47.5 Å². The van der Waals surface area contributed by atoms with Gasteiger partial charge in [-0.1, -0.05) is 0 Å². The molecule has 20 heavy (non-hydrogen) atoms. The monoisotopic (exact) mass is 299 g/mol.